The molecule has 0 radical (unpaired) electrons. The molecule has 2 aromatic rings. The smallest absolute Gasteiger partial charge is 0.250 e. The first-order valence-corrected chi connectivity index (χ1v) is 7.17. The van der Waals surface area contributed by atoms with Crippen LogP contribution < -0.4 is 5.73 Å². The molecule has 0 atom stereocenters. The van der Waals surface area contributed by atoms with Crippen LogP contribution in [0.1, 0.15) is 22.5 Å². The van der Waals surface area contributed by atoms with E-state index in [-0.39, 0.29) is 0 Å². The van der Waals surface area contributed by atoms with E-state index in [2.05, 4.69) is 4.57 Å². The zero-order valence-corrected chi connectivity index (χ0v) is 13.0. The zero-order chi connectivity index (χ0) is 15.4. The standard InChI is InChI=1S/C16H19ClN2O2/c1-11-14(16(18)20)10-15(19(11)8-3-9-21-2)12-4-6-13(17)7-5-12/h4-7,10H,3,8-9H2,1-2H3,(H2,18,20). The molecule has 0 fully saturated rings. The molecule has 0 aliphatic carbocycles. The molecule has 5 heteroatoms. The Hall–Kier alpha value is -1.78. The Balaban J connectivity index is 2.44. The van der Waals surface area contributed by atoms with Crippen molar-refractivity contribution in [3.05, 3.63) is 46.6 Å². The minimum Gasteiger partial charge on any atom is -0.385 e. The van der Waals surface area contributed by atoms with Crippen LogP contribution in [0.3, 0.4) is 0 Å². The third-order valence-corrected chi connectivity index (χ3v) is 3.75. The van der Waals surface area contributed by atoms with Crippen molar-refractivity contribution in [1.82, 2.24) is 4.57 Å². The molecule has 0 unspecified atom stereocenters. The van der Waals surface area contributed by atoms with E-state index in [0.717, 1.165) is 29.9 Å². The van der Waals surface area contributed by atoms with Crippen LogP contribution in [-0.2, 0) is 11.3 Å². The predicted octanol–water partition coefficient (Wildman–Crippen LogP) is 3.25. The Morgan fingerprint density at radius 3 is 2.57 bits per heavy atom. The van der Waals surface area contributed by atoms with Crippen molar-refractivity contribution in [2.24, 2.45) is 5.73 Å². The van der Waals surface area contributed by atoms with E-state index in [1.165, 1.54) is 0 Å². The number of amides is 1. The van der Waals surface area contributed by atoms with Crippen LogP contribution in [0.4, 0.5) is 0 Å². The molecule has 0 saturated carbocycles. The van der Waals surface area contributed by atoms with Gasteiger partial charge in [-0.2, -0.15) is 0 Å². The van der Waals surface area contributed by atoms with Crippen molar-refractivity contribution in [3.8, 4) is 11.3 Å². The molecule has 0 saturated heterocycles. The van der Waals surface area contributed by atoms with E-state index < -0.39 is 5.91 Å². The number of aromatic nitrogens is 1. The average Bonchev–Trinajstić information content (AvgIpc) is 2.78. The van der Waals surface area contributed by atoms with Gasteiger partial charge in [0, 0.05) is 36.7 Å². The molecule has 1 heterocycles. The van der Waals surface area contributed by atoms with Gasteiger partial charge in [-0.25, -0.2) is 0 Å². The highest BCUT2D eigenvalue weighted by molar-refractivity contribution is 6.30. The van der Waals surface area contributed by atoms with Gasteiger partial charge in [0.25, 0.3) is 5.91 Å². The number of nitrogens with two attached hydrogens (primary N) is 1. The summed E-state index contributed by atoms with van der Waals surface area (Å²) in [6, 6.07) is 9.39. The molecule has 2 rings (SSSR count). The lowest BCUT2D eigenvalue weighted by Gasteiger charge is -2.12. The van der Waals surface area contributed by atoms with E-state index in [4.69, 9.17) is 22.1 Å². The number of hydrogen-bond acceptors (Lipinski definition) is 2. The van der Waals surface area contributed by atoms with Crippen molar-refractivity contribution in [2.45, 2.75) is 19.9 Å². The lowest BCUT2D eigenvalue weighted by atomic mass is 10.1. The third-order valence-electron chi connectivity index (χ3n) is 3.50. The number of carbonyl (C=O) groups is 1. The van der Waals surface area contributed by atoms with Crippen LogP contribution in [0.5, 0.6) is 0 Å². The molecule has 0 aliphatic rings. The number of carbonyl (C=O) groups excluding carboxylic acids is 1. The molecule has 21 heavy (non-hydrogen) atoms. The maximum absolute atomic E-state index is 11.6. The number of primary amides is 1. The van der Waals surface area contributed by atoms with Gasteiger partial charge in [-0.05, 0) is 37.1 Å². The van der Waals surface area contributed by atoms with Gasteiger partial charge in [-0.15, -0.1) is 0 Å². The number of halogens is 1. The van der Waals surface area contributed by atoms with E-state index in [1.807, 2.05) is 37.3 Å². The van der Waals surface area contributed by atoms with Crippen LogP contribution in [-0.4, -0.2) is 24.2 Å². The summed E-state index contributed by atoms with van der Waals surface area (Å²) in [7, 11) is 1.68. The molecule has 1 aromatic carbocycles. The summed E-state index contributed by atoms with van der Waals surface area (Å²) >= 11 is 5.93. The minimum atomic E-state index is -0.409. The largest absolute Gasteiger partial charge is 0.385 e. The number of rotatable bonds is 6. The first-order valence-electron chi connectivity index (χ1n) is 6.79. The van der Waals surface area contributed by atoms with Gasteiger partial charge in [-0.1, -0.05) is 23.7 Å². The molecule has 0 spiro atoms. The summed E-state index contributed by atoms with van der Waals surface area (Å²) in [6.45, 7) is 3.35. The van der Waals surface area contributed by atoms with Gasteiger partial charge in [0.1, 0.15) is 0 Å². The molecule has 0 bridgehead atoms. The van der Waals surface area contributed by atoms with Gasteiger partial charge < -0.3 is 15.0 Å². The first kappa shape index (κ1) is 15.6. The number of benzene rings is 1. The molecule has 1 amide bonds. The minimum absolute atomic E-state index is 0.409. The zero-order valence-electron chi connectivity index (χ0n) is 12.2. The fraction of sp³-hybridized carbons (Fsp3) is 0.312. The monoisotopic (exact) mass is 306 g/mol. The van der Waals surface area contributed by atoms with E-state index in [0.29, 0.717) is 17.2 Å². The van der Waals surface area contributed by atoms with Gasteiger partial charge in [0.2, 0.25) is 0 Å². The number of hydrogen-bond donors (Lipinski definition) is 1. The Morgan fingerprint density at radius 1 is 1.33 bits per heavy atom. The summed E-state index contributed by atoms with van der Waals surface area (Å²) in [5.41, 5.74) is 8.86. The van der Waals surface area contributed by atoms with Crippen molar-refractivity contribution in [3.63, 3.8) is 0 Å². The lowest BCUT2D eigenvalue weighted by Crippen LogP contribution is -2.13. The van der Waals surface area contributed by atoms with Crippen molar-refractivity contribution in [2.75, 3.05) is 13.7 Å². The van der Waals surface area contributed by atoms with Gasteiger partial charge in [-0.3, -0.25) is 4.79 Å². The van der Waals surface area contributed by atoms with Crippen LogP contribution in [0, 0.1) is 6.92 Å². The Morgan fingerprint density at radius 2 is 2.00 bits per heavy atom. The van der Waals surface area contributed by atoms with Crippen LogP contribution in [0.2, 0.25) is 5.02 Å². The fourth-order valence-corrected chi connectivity index (χ4v) is 2.54. The lowest BCUT2D eigenvalue weighted by molar-refractivity contribution is 0.0999. The van der Waals surface area contributed by atoms with Crippen molar-refractivity contribution in [1.29, 1.82) is 0 Å². The van der Waals surface area contributed by atoms with Gasteiger partial charge in [0.15, 0.2) is 0 Å². The highest BCUT2D eigenvalue weighted by Crippen LogP contribution is 2.27. The number of nitrogens with zero attached hydrogens (tertiary/aromatic N) is 1. The average molecular weight is 307 g/mol. The van der Waals surface area contributed by atoms with E-state index in [9.17, 15) is 4.79 Å². The molecular weight excluding hydrogens is 288 g/mol. The summed E-state index contributed by atoms with van der Waals surface area (Å²) in [4.78, 5) is 11.6. The van der Waals surface area contributed by atoms with Gasteiger partial charge >= 0.3 is 0 Å². The van der Waals surface area contributed by atoms with Crippen LogP contribution >= 0.6 is 11.6 Å². The molecule has 112 valence electrons. The Labute approximate surface area is 129 Å². The second-order valence-corrected chi connectivity index (χ2v) is 5.33. The summed E-state index contributed by atoms with van der Waals surface area (Å²) in [5.74, 6) is -0.409. The van der Waals surface area contributed by atoms with Crippen molar-refractivity contribution < 1.29 is 9.53 Å². The number of methoxy groups -OCH3 is 1. The second kappa shape index (κ2) is 6.78. The quantitative estimate of drug-likeness (QED) is 0.833. The molecule has 4 nitrogen and oxygen atoms in total. The summed E-state index contributed by atoms with van der Waals surface area (Å²) < 4.78 is 7.20. The molecule has 2 N–H and O–H groups in total. The van der Waals surface area contributed by atoms with E-state index in [1.54, 1.807) is 7.11 Å². The Bertz CT molecular complexity index is 632. The van der Waals surface area contributed by atoms with Gasteiger partial charge in [0.05, 0.1) is 5.56 Å². The maximum Gasteiger partial charge on any atom is 0.250 e. The second-order valence-electron chi connectivity index (χ2n) is 4.90. The number of ether oxygens (including phenoxy) is 1. The third kappa shape index (κ3) is 3.46. The molecular formula is C16H19ClN2O2. The summed E-state index contributed by atoms with van der Waals surface area (Å²) in [6.07, 6.45) is 0.866. The van der Waals surface area contributed by atoms with Crippen LogP contribution in [0.15, 0.2) is 30.3 Å². The maximum atomic E-state index is 11.6. The van der Waals surface area contributed by atoms with Crippen molar-refractivity contribution >= 4 is 17.5 Å². The first-order chi connectivity index (χ1) is 10.0. The Kier molecular flexibility index (Phi) is 5.04. The highest BCUT2D eigenvalue weighted by Gasteiger charge is 2.16. The highest BCUT2D eigenvalue weighted by atomic mass is 35.5. The topological polar surface area (TPSA) is 57.2 Å². The molecule has 1 aromatic heterocycles. The summed E-state index contributed by atoms with van der Waals surface area (Å²) in [5, 5.41) is 0.683. The van der Waals surface area contributed by atoms with Crippen LogP contribution in [0.25, 0.3) is 11.3 Å². The van der Waals surface area contributed by atoms with E-state index >= 15 is 0 Å². The predicted molar refractivity (Wildman–Crippen MR) is 84.6 cm³/mol. The molecule has 0 aliphatic heterocycles. The normalized spacial score (nSPS) is 10.8. The SMILES string of the molecule is COCCCn1c(-c2ccc(Cl)cc2)cc(C(N)=O)c1C. The fourth-order valence-electron chi connectivity index (χ4n) is 2.41.